The lowest BCUT2D eigenvalue weighted by Crippen LogP contribution is -1.84. The van der Waals surface area contributed by atoms with Gasteiger partial charge >= 0.3 is 0 Å². The predicted octanol–water partition coefficient (Wildman–Crippen LogP) is 5.13. The van der Waals surface area contributed by atoms with E-state index in [4.69, 9.17) is 4.98 Å². The number of rotatable bonds is 4. The van der Waals surface area contributed by atoms with Gasteiger partial charge < -0.3 is 0 Å². The molecule has 2 aromatic rings. The number of aromatic nitrogens is 1. The molecule has 0 atom stereocenters. The lowest BCUT2D eigenvalue weighted by molar-refractivity contribution is 1.25. The first-order chi connectivity index (χ1) is 8.22. The Balaban J connectivity index is 2.33. The van der Waals surface area contributed by atoms with Gasteiger partial charge in [0.1, 0.15) is 5.01 Å². The number of hydrogen-bond acceptors (Lipinski definition) is 3. The van der Waals surface area contributed by atoms with E-state index in [0.29, 0.717) is 0 Å². The number of benzene rings is 1. The van der Waals surface area contributed by atoms with E-state index < -0.39 is 0 Å². The maximum atomic E-state index is 4.75. The standard InChI is InChI=1S/C13H14BrNS2/c1-3-16-8-12-15-13(9(2)17-12)10-6-4-5-7-11(10)14/h4-7H,3,8H2,1-2H3. The average Bonchev–Trinajstić information content (AvgIpc) is 2.68. The van der Waals surface area contributed by atoms with Gasteiger partial charge in [0.25, 0.3) is 0 Å². The summed E-state index contributed by atoms with van der Waals surface area (Å²) in [5.41, 5.74) is 2.31. The van der Waals surface area contributed by atoms with E-state index in [1.165, 1.54) is 15.4 Å². The Morgan fingerprint density at radius 2 is 2.12 bits per heavy atom. The molecule has 0 fully saturated rings. The minimum absolute atomic E-state index is 1.02. The monoisotopic (exact) mass is 327 g/mol. The molecule has 1 aromatic carbocycles. The number of thioether (sulfide) groups is 1. The molecule has 17 heavy (non-hydrogen) atoms. The van der Waals surface area contributed by atoms with E-state index in [1.54, 1.807) is 11.3 Å². The van der Waals surface area contributed by atoms with Crippen molar-refractivity contribution in [2.45, 2.75) is 19.6 Å². The van der Waals surface area contributed by atoms with Crippen molar-refractivity contribution in [3.8, 4) is 11.3 Å². The van der Waals surface area contributed by atoms with Crippen LogP contribution in [0.3, 0.4) is 0 Å². The largest absolute Gasteiger partial charge is 0.240 e. The van der Waals surface area contributed by atoms with E-state index in [0.717, 1.165) is 21.7 Å². The Kier molecular flexibility index (Phi) is 4.65. The van der Waals surface area contributed by atoms with E-state index in [2.05, 4.69) is 48.0 Å². The van der Waals surface area contributed by atoms with Crippen LogP contribution in [-0.4, -0.2) is 10.7 Å². The molecule has 90 valence electrons. The van der Waals surface area contributed by atoms with Crippen molar-refractivity contribution in [2.75, 3.05) is 5.75 Å². The molecule has 0 bridgehead atoms. The Morgan fingerprint density at radius 3 is 2.82 bits per heavy atom. The summed E-state index contributed by atoms with van der Waals surface area (Å²) >= 11 is 7.31. The van der Waals surface area contributed by atoms with Crippen LogP contribution in [0.15, 0.2) is 28.7 Å². The second-order valence-electron chi connectivity index (χ2n) is 3.63. The third kappa shape index (κ3) is 3.12. The molecule has 0 saturated carbocycles. The average molecular weight is 328 g/mol. The van der Waals surface area contributed by atoms with Crippen LogP contribution in [0.2, 0.25) is 0 Å². The normalized spacial score (nSPS) is 10.8. The maximum absolute atomic E-state index is 4.75. The molecule has 0 aliphatic heterocycles. The Labute approximate surface area is 119 Å². The zero-order valence-corrected chi connectivity index (χ0v) is 13.1. The number of halogens is 1. The summed E-state index contributed by atoms with van der Waals surface area (Å²) in [6.45, 7) is 4.33. The molecule has 0 saturated heterocycles. The molecule has 0 aliphatic rings. The third-order valence-corrected chi connectivity index (χ3v) is 5.13. The fourth-order valence-electron chi connectivity index (χ4n) is 1.61. The molecule has 0 unspecified atom stereocenters. The molecule has 0 radical (unpaired) electrons. The second-order valence-corrected chi connectivity index (χ2v) is 7.05. The summed E-state index contributed by atoms with van der Waals surface area (Å²) in [6, 6.07) is 8.26. The van der Waals surface area contributed by atoms with Crippen molar-refractivity contribution >= 4 is 39.0 Å². The Bertz CT molecular complexity index is 508. The molecule has 2 rings (SSSR count). The molecule has 0 N–H and O–H groups in total. The topological polar surface area (TPSA) is 12.9 Å². The Hall–Kier alpha value is -0.320. The quantitative estimate of drug-likeness (QED) is 0.771. The van der Waals surface area contributed by atoms with Gasteiger partial charge in [-0.3, -0.25) is 0 Å². The van der Waals surface area contributed by atoms with Crippen molar-refractivity contribution in [1.82, 2.24) is 4.98 Å². The fraction of sp³-hybridized carbons (Fsp3) is 0.308. The molecular formula is C13H14BrNS2. The van der Waals surface area contributed by atoms with Gasteiger partial charge in [0.15, 0.2) is 0 Å². The van der Waals surface area contributed by atoms with Crippen LogP contribution in [0.1, 0.15) is 16.8 Å². The van der Waals surface area contributed by atoms with Crippen LogP contribution >= 0.6 is 39.0 Å². The summed E-state index contributed by atoms with van der Waals surface area (Å²) in [5, 5.41) is 1.22. The van der Waals surface area contributed by atoms with Gasteiger partial charge in [0, 0.05) is 20.7 Å². The number of thiazole rings is 1. The molecule has 1 nitrogen and oxygen atoms in total. The van der Waals surface area contributed by atoms with Crippen molar-refractivity contribution in [2.24, 2.45) is 0 Å². The highest BCUT2D eigenvalue weighted by Gasteiger charge is 2.11. The number of aryl methyl sites for hydroxylation is 1. The summed E-state index contributed by atoms with van der Waals surface area (Å²) in [6.07, 6.45) is 0. The zero-order chi connectivity index (χ0) is 12.3. The first kappa shape index (κ1) is 13.1. The predicted molar refractivity (Wildman–Crippen MR) is 81.8 cm³/mol. The van der Waals surface area contributed by atoms with Crippen molar-refractivity contribution in [3.63, 3.8) is 0 Å². The van der Waals surface area contributed by atoms with Gasteiger partial charge in [-0.05, 0) is 18.7 Å². The van der Waals surface area contributed by atoms with E-state index >= 15 is 0 Å². The lowest BCUT2D eigenvalue weighted by atomic mass is 10.1. The van der Waals surface area contributed by atoms with Crippen LogP contribution in [0.5, 0.6) is 0 Å². The summed E-state index contributed by atoms with van der Waals surface area (Å²) in [7, 11) is 0. The van der Waals surface area contributed by atoms with Crippen molar-refractivity contribution in [3.05, 3.63) is 38.6 Å². The van der Waals surface area contributed by atoms with Gasteiger partial charge in [0.05, 0.1) is 5.69 Å². The molecule has 0 amide bonds. The summed E-state index contributed by atoms with van der Waals surface area (Å²) in [4.78, 5) is 6.04. The molecule has 1 heterocycles. The van der Waals surface area contributed by atoms with Crippen LogP contribution in [0, 0.1) is 6.92 Å². The third-order valence-electron chi connectivity index (χ3n) is 2.40. The van der Waals surface area contributed by atoms with E-state index in [1.807, 2.05) is 17.8 Å². The van der Waals surface area contributed by atoms with Crippen LogP contribution in [0.4, 0.5) is 0 Å². The second kappa shape index (κ2) is 6.03. The van der Waals surface area contributed by atoms with Crippen LogP contribution < -0.4 is 0 Å². The summed E-state index contributed by atoms with van der Waals surface area (Å²) in [5.74, 6) is 2.16. The maximum Gasteiger partial charge on any atom is 0.103 e. The molecule has 0 aliphatic carbocycles. The first-order valence-electron chi connectivity index (χ1n) is 5.51. The van der Waals surface area contributed by atoms with Crippen LogP contribution in [-0.2, 0) is 5.75 Å². The fourth-order valence-corrected chi connectivity index (χ4v) is 3.75. The van der Waals surface area contributed by atoms with Gasteiger partial charge in [-0.2, -0.15) is 11.8 Å². The van der Waals surface area contributed by atoms with Gasteiger partial charge in [0.2, 0.25) is 0 Å². The molecule has 0 spiro atoms. The smallest absolute Gasteiger partial charge is 0.103 e. The Morgan fingerprint density at radius 1 is 1.35 bits per heavy atom. The number of nitrogens with zero attached hydrogens (tertiary/aromatic N) is 1. The van der Waals surface area contributed by atoms with Gasteiger partial charge in [-0.25, -0.2) is 4.98 Å². The SMILES string of the molecule is CCSCc1nc(-c2ccccc2Br)c(C)s1. The van der Waals surface area contributed by atoms with E-state index in [9.17, 15) is 0 Å². The minimum Gasteiger partial charge on any atom is -0.240 e. The highest BCUT2D eigenvalue weighted by molar-refractivity contribution is 9.10. The lowest BCUT2D eigenvalue weighted by Gasteiger charge is -2.01. The zero-order valence-electron chi connectivity index (χ0n) is 9.87. The van der Waals surface area contributed by atoms with Crippen LogP contribution in [0.25, 0.3) is 11.3 Å². The van der Waals surface area contributed by atoms with E-state index in [-0.39, 0.29) is 0 Å². The highest BCUT2D eigenvalue weighted by Crippen LogP contribution is 2.33. The van der Waals surface area contributed by atoms with Gasteiger partial charge in [-0.15, -0.1) is 11.3 Å². The van der Waals surface area contributed by atoms with Crippen molar-refractivity contribution in [1.29, 1.82) is 0 Å². The molecule has 1 aromatic heterocycles. The minimum atomic E-state index is 1.02. The summed E-state index contributed by atoms with van der Waals surface area (Å²) < 4.78 is 1.11. The highest BCUT2D eigenvalue weighted by atomic mass is 79.9. The van der Waals surface area contributed by atoms with Gasteiger partial charge in [-0.1, -0.05) is 41.1 Å². The first-order valence-corrected chi connectivity index (χ1v) is 8.27. The molecule has 4 heteroatoms. The van der Waals surface area contributed by atoms with Crippen molar-refractivity contribution < 1.29 is 0 Å². The molecular weight excluding hydrogens is 314 g/mol. The number of hydrogen-bond donors (Lipinski definition) is 0.